The zero-order valence-corrected chi connectivity index (χ0v) is 71.4. The monoisotopic (exact) mass is 1690 g/mol. The first-order valence-electron chi connectivity index (χ1n) is 43.9. The Bertz CT molecular complexity index is 8280. The molecule has 0 fully saturated rings. The van der Waals surface area contributed by atoms with Crippen LogP contribution < -0.4 is 0 Å². The molecule has 618 valence electrons. The molecule has 0 radical (unpaired) electrons. The van der Waals surface area contributed by atoms with Gasteiger partial charge in [0.15, 0.2) is 52.4 Å². The molecular weight excluding hydrogens is 1610 g/mol. The maximum absolute atomic E-state index is 4.99. The molecule has 132 heavy (non-hydrogen) atoms. The van der Waals surface area contributed by atoms with Crippen molar-refractivity contribution in [1.29, 1.82) is 0 Å². The fourth-order valence-corrected chi connectivity index (χ4v) is 17.2. The van der Waals surface area contributed by atoms with Crippen LogP contribution in [0.1, 0.15) is 0 Å². The second kappa shape index (κ2) is 36.2. The maximum Gasteiger partial charge on any atom is 0.164 e. The van der Waals surface area contributed by atoms with Crippen LogP contribution in [0, 0.1) is 0 Å². The Kier molecular flexibility index (Phi) is 21.9. The lowest BCUT2D eigenvalue weighted by atomic mass is 9.95. The van der Waals surface area contributed by atoms with E-state index in [1.165, 1.54) is 54.7 Å². The molecule has 0 saturated carbocycles. The van der Waals surface area contributed by atoms with Crippen LogP contribution in [-0.2, 0) is 0 Å². The summed E-state index contributed by atoms with van der Waals surface area (Å²) >= 11 is 0. The van der Waals surface area contributed by atoms with E-state index in [2.05, 4.69) is 343 Å². The lowest BCUT2D eigenvalue weighted by Crippen LogP contribution is -2.00. The van der Waals surface area contributed by atoms with Crippen molar-refractivity contribution in [3.8, 4) is 169 Å². The van der Waals surface area contributed by atoms with Gasteiger partial charge in [-0.05, 0) is 130 Å². The fourth-order valence-electron chi connectivity index (χ4n) is 17.2. The molecule has 0 saturated heterocycles. The lowest BCUT2D eigenvalue weighted by Gasteiger charge is -2.12. The zero-order chi connectivity index (χ0) is 87.9. The zero-order valence-electron chi connectivity index (χ0n) is 71.4. The number of fused-ring (bicyclic) bond motifs is 9. The molecule has 0 aliphatic carbocycles. The smallest absolute Gasteiger partial charge is 0.164 e. The van der Waals surface area contributed by atoms with E-state index in [1.54, 1.807) is 0 Å². The molecule has 0 bridgehead atoms. The number of benzene rings is 18. The van der Waals surface area contributed by atoms with Crippen LogP contribution in [0.4, 0.5) is 0 Å². The summed E-state index contributed by atoms with van der Waals surface area (Å²) in [7, 11) is 0. The molecule has 0 atom stereocenters. The van der Waals surface area contributed by atoms with Crippen LogP contribution >= 0.6 is 0 Å². The standard InChI is InChI=1S/3C40H26N4/c1-3-9-27(10-4-1)28-16-20-32(21-17-28)39-42-38(31-11-5-2-6-12-31)43-40(44-39)33-22-18-29(19-23-33)34-14-7-15-36-35(34)25-24-30-13-8-26-41-37(30)36;1-3-10-27(11-4-1)28-17-21-31(22-18-28)39-42-38(30-12-5-2-6-13-30)43-40(44-39)32-23-19-29(20-24-32)36-26-33-14-9-25-41-37(33)35-16-8-7-15-34(35)36;1-3-8-27(9-4-1)28-14-17-31(18-15-28)39-42-38(30-10-5-2-6-11-30)43-40(44-39)35-13-7-12-32(25-35)33-20-21-36-34(24-33)19-16-29-22-23-41-26-37(29)36/h3*1-26H. The van der Waals surface area contributed by atoms with Gasteiger partial charge in [0, 0.05) is 102 Å². The predicted molar refractivity (Wildman–Crippen MR) is 539 cm³/mol. The Labute approximate surface area is 762 Å². The predicted octanol–water partition coefficient (Wildman–Crippen LogP) is 29.7. The molecule has 6 heterocycles. The van der Waals surface area contributed by atoms with E-state index in [9.17, 15) is 0 Å². The summed E-state index contributed by atoms with van der Waals surface area (Å²) < 4.78 is 0. The van der Waals surface area contributed by atoms with Gasteiger partial charge in [-0.1, -0.05) is 413 Å². The fraction of sp³-hybridized carbons (Fsp3) is 0. The van der Waals surface area contributed by atoms with E-state index in [0.717, 1.165) is 127 Å². The topological polar surface area (TPSA) is 155 Å². The molecule has 0 aliphatic heterocycles. The molecule has 24 aromatic rings. The van der Waals surface area contributed by atoms with Crippen LogP contribution in [0.2, 0.25) is 0 Å². The number of nitrogens with zero attached hydrogens (tertiary/aromatic N) is 12. The van der Waals surface area contributed by atoms with Crippen molar-refractivity contribution in [3.63, 3.8) is 0 Å². The van der Waals surface area contributed by atoms with Gasteiger partial charge in [-0.2, -0.15) is 0 Å². The molecule has 6 aromatic heterocycles. The highest BCUT2D eigenvalue weighted by molar-refractivity contribution is 6.13. The molecule has 12 nitrogen and oxygen atoms in total. The molecule has 24 rings (SSSR count). The van der Waals surface area contributed by atoms with E-state index >= 15 is 0 Å². The molecule has 12 heteroatoms. The van der Waals surface area contributed by atoms with E-state index in [1.807, 2.05) is 146 Å². The van der Waals surface area contributed by atoms with E-state index < -0.39 is 0 Å². The van der Waals surface area contributed by atoms with Crippen molar-refractivity contribution in [2.24, 2.45) is 0 Å². The highest BCUT2D eigenvalue weighted by Crippen LogP contribution is 2.40. The van der Waals surface area contributed by atoms with Gasteiger partial charge in [-0.15, -0.1) is 0 Å². The van der Waals surface area contributed by atoms with Crippen LogP contribution in [0.5, 0.6) is 0 Å². The number of rotatable bonds is 15. The van der Waals surface area contributed by atoms with E-state index in [4.69, 9.17) is 44.9 Å². The Hall–Kier alpha value is -18.0. The molecule has 0 unspecified atom stereocenters. The average Bonchev–Trinajstić information content (AvgIpc) is 0.770. The van der Waals surface area contributed by atoms with E-state index in [0.29, 0.717) is 52.4 Å². The van der Waals surface area contributed by atoms with Gasteiger partial charge in [-0.3, -0.25) is 15.0 Å². The third-order valence-corrected chi connectivity index (χ3v) is 24.0. The van der Waals surface area contributed by atoms with Crippen LogP contribution in [-0.4, -0.2) is 59.8 Å². The van der Waals surface area contributed by atoms with Gasteiger partial charge >= 0.3 is 0 Å². The van der Waals surface area contributed by atoms with Crippen LogP contribution in [0.25, 0.3) is 234 Å². The summed E-state index contributed by atoms with van der Waals surface area (Å²) in [5.41, 5.74) is 24.3. The summed E-state index contributed by atoms with van der Waals surface area (Å²) in [5, 5.41) is 11.7. The Morgan fingerprint density at radius 1 is 0.129 bits per heavy atom. The molecule has 0 amide bonds. The van der Waals surface area contributed by atoms with Gasteiger partial charge in [0.25, 0.3) is 0 Å². The van der Waals surface area contributed by atoms with Gasteiger partial charge in [0.05, 0.1) is 11.0 Å². The quantitative estimate of drug-likeness (QED) is 0.0897. The van der Waals surface area contributed by atoms with Crippen LogP contribution in [0.3, 0.4) is 0 Å². The van der Waals surface area contributed by atoms with Crippen molar-refractivity contribution < 1.29 is 0 Å². The minimum atomic E-state index is 0.639. The second-order valence-corrected chi connectivity index (χ2v) is 32.3. The van der Waals surface area contributed by atoms with Crippen molar-refractivity contribution in [3.05, 3.63) is 474 Å². The number of aromatic nitrogens is 12. The summed E-state index contributed by atoms with van der Waals surface area (Å²) in [6, 6.07) is 155. The highest BCUT2D eigenvalue weighted by atomic mass is 15.1. The van der Waals surface area contributed by atoms with Crippen molar-refractivity contribution in [2.45, 2.75) is 0 Å². The highest BCUT2D eigenvalue weighted by Gasteiger charge is 2.20. The minimum absolute atomic E-state index is 0.639. The third kappa shape index (κ3) is 16.8. The summed E-state index contributed by atoms with van der Waals surface area (Å²) in [6.45, 7) is 0. The number of hydrogen-bond acceptors (Lipinski definition) is 12. The Morgan fingerprint density at radius 2 is 0.417 bits per heavy atom. The molecular formula is C120H78N12. The van der Waals surface area contributed by atoms with Gasteiger partial charge < -0.3 is 0 Å². The van der Waals surface area contributed by atoms with Gasteiger partial charge in [0.1, 0.15) is 0 Å². The molecule has 0 aliphatic rings. The maximum atomic E-state index is 4.99. The summed E-state index contributed by atoms with van der Waals surface area (Å²) in [6.07, 6.45) is 7.49. The van der Waals surface area contributed by atoms with Gasteiger partial charge in [-0.25, -0.2) is 44.9 Å². The summed E-state index contributed by atoms with van der Waals surface area (Å²) in [4.78, 5) is 58.1. The van der Waals surface area contributed by atoms with E-state index in [-0.39, 0.29) is 0 Å². The second-order valence-electron chi connectivity index (χ2n) is 32.3. The molecule has 0 N–H and O–H groups in total. The van der Waals surface area contributed by atoms with Crippen LogP contribution in [0.15, 0.2) is 474 Å². The minimum Gasteiger partial charge on any atom is -0.264 e. The average molecular weight is 1690 g/mol. The molecule has 18 aromatic carbocycles. The SMILES string of the molecule is c1ccc(-c2ccc(-c3nc(-c4ccccc4)nc(-c4ccc(-c5cc6cccnc6c6ccccc56)cc4)n3)cc2)cc1.c1ccc(-c2ccc(-c3nc(-c4ccccc4)nc(-c4ccc(-c5cccc6c5ccc5cccnc56)cc4)n3)cc2)cc1.c1ccc(-c2ccc(-c3nc(-c4ccccc4)nc(-c4cccc(-c5ccc6c(ccc7ccncc76)c5)c4)n3)cc2)cc1. The number of pyridine rings is 3. The lowest BCUT2D eigenvalue weighted by molar-refractivity contribution is 1.07. The van der Waals surface area contributed by atoms with Crippen molar-refractivity contribution >= 4 is 64.9 Å². The Balaban J connectivity index is 0.000000116. The Morgan fingerprint density at radius 3 is 0.864 bits per heavy atom. The summed E-state index contributed by atoms with van der Waals surface area (Å²) in [5.74, 6) is 5.79. The third-order valence-electron chi connectivity index (χ3n) is 24.0. The first kappa shape index (κ1) is 79.9. The molecule has 0 spiro atoms. The number of hydrogen-bond donors (Lipinski definition) is 0. The largest absolute Gasteiger partial charge is 0.264 e. The van der Waals surface area contributed by atoms with Gasteiger partial charge in [0.2, 0.25) is 0 Å². The normalized spacial score (nSPS) is 11.2. The first-order valence-corrected chi connectivity index (χ1v) is 43.9. The van der Waals surface area contributed by atoms with Crippen molar-refractivity contribution in [2.75, 3.05) is 0 Å². The van der Waals surface area contributed by atoms with Crippen molar-refractivity contribution in [1.82, 2.24) is 59.8 Å². The first-order chi connectivity index (χ1) is 65.4.